The summed E-state index contributed by atoms with van der Waals surface area (Å²) in [6.45, 7) is 4.41. The number of nitrogens with zero attached hydrogens (tertiary/aromatic N) is 1. The fraction of sp³-hybridized carbons (Fsp3) is 0.500. The van der Waals surface area contributed by atoms with Gasteiger partial charge in [0, 0.05) is 0 Å². The van der Waals surface area contributed by atoms with Crippen molar-refractivity contribution in [3.8, 4) is 0 Å². The van der Waals surface area contributed by atoms with E-state index in [9.17, 15) is 14.3 Å². The molecule has 0 saturated carbocycles. The van der Waals surface area contributed by atoms with Crippen LogP contribution in [0, 0.1) is 12.7 Å². The minimum atomic E-state index is -0.773. The lowest BCUT2D eigenvalue weighted by Gasteiger charge is -2.46. The molecule has 3 nitrogen and oxygen atoms in total. The number of rotatable bonds is 3. The quantitative estimate of drug-likeness (QED) is 0.894. The third kappa shape index (κ3) is 2.38. The Kier molecular flexibility index (Phi) is 3.39. The van der Waals surface area contributed by atoms with Crippen LogP contribution in [0.3, 0.4) is 0 Å². The zero-order valence-corrected chi connectivity index (χ0v) is 10.7. The van der Waals surface area contributed by atoms with Gasteiger partial charge < -0.3 is 10.0 Å². The van der Waals surface area contributed by atoms with Crippen molar-refractivity contribution in [2.45, 2.75) is 32.3 Å². The highest BCUT2D eigenvalue weighted by molar-refractivity contribution is 5.95. The van der Waals surface area contributed by atoms with Gasteiger partial charge in [-0.3, -0.25) is 4.79 Å². The average molecular weight is 251 g/mol. The standard InChI is InChI=1S/C14H18FNO2/c1-3-6-14(18)8-16(9-14)13(17)11-7-10(2)4-5-12(11)15/h4-5,7,18H,3,6,8-9H2,1-2H3. The number of hydrogen-bond acceptors (Lipinski definition) is 2. The third-order valence-electron chi connectivity index (χ3n) is 3.33. The Labute approximate surface area is 106 Å². The summed E-state index contributed by atoms with van der Waals surface area (Å²) in [5, 5.41) is 10.0. The van der Waals surface area contributed by atoms with E-state index < -0.39 is 11.4 Å². The molecule has 0 unspecified atom stereocenters. The molecule has 18 heavy (non-hydrogen) atoms. The number of hydrogen-bond donors (Lipinski definition) is 1. The lowest BCUT2D eigenvalue weighted by atomic mass is 9.88. The average Bonchev–Trinajstić information content (AvgIpc) is 2.28. The van der Waals surface area contributed by atoms with E-state index in [2.05, 4.69) is 0 Å². The van der Waals surface area contributed by atoms with Crippen molar-refractivity contribution < 1.29 is 14.3 Å². The molecule has 1 saturated heterocycles. The molecule has 1 aromatic rings. The minimum Gasteiger partial charge on any atom is -0.386 e. The lowest BCUT2D eigenvalue weighted by molar-refractivity contribution is -0.0861. The van der Waals surface area contributed by atoms with Gasteiger partial charge in [0.2, 0.25) is 0 Å². The first-order valence-corrected chi connectivity index (χ1v) is 6.23. The molecule has 0 atom stereocenters. The maximum Gasteiger partial charge on any atom is 0.257 e. The van der Waals surface area contributed by atoms with Gasteiger partial charge in [0.15, 0.2) is 0 Å². The van der Waals surface area contributed by atoms with Crippen LogP contribution in [0.1, 0.15) is 35.7 Å². The third-order valence-corrected chi connectivity index (χ3v) is 3.33. The van der Waals surface area contributed by atoms with E-state index in [-0.39, 0.29) is 11.5 Å². The Bertz CT molecular complexity index is 467. The maximum atomic E-state index is 13.6. The van der Waals surface area contributed by atoms with Crippen LogP contribution in [0.25, 0.3) is 0 Å². The van der Waals surface area contributed by atoms with Gasteiger partial charge in [-0.1, -0.05) is 25.0 Å². The molecule has 0 aliphatic carbocycles. The molecule has 1 amide bonds. The number of β-amino-alcohol motifs (C(OH)–C–C–N with tert-alkyl or cyclic N) is 1. The minimum absolute atomic E-state index is 0.0912. The van der Waals surface area contributed by atoms with Gasteiger partial charge in [0.05, 0.1) is 24.3 Å². The van der Waals surface area contributed by atoms with Gasteiger partial charge in [-0.15, -0.1) is 0 Å². The molecule has 2 rings (SSSR count). The fourth-order valence-corrected chi connectivity index (χ4v) is 2.40. The van der Waals surface area contributed by atoms with Crippen molar-refractivity contribution in [1.82, 2.24) is 4.90 Å². The highest BCUT2D eigenvalue weighted by Crippen LogP contribution is 2.27. The number of amides is 1. The van der Waals surface area contributed by atoms with Gasteiger partial charge in [-0.25, -0.2) is 4.39 Å². The van der Waals surface area contributed by atoms with Gasteiger partial charge in [-0.2, -0.15) is 0 Å². The molecule has 1 aliphatic rings. The van der Waals surface area contributed by atoms with Crippen molar-refractivity contribution in [2.24, 2.45) is 0 Å². The van der Waals surface area contributed by atoms with Crippen LogP contribution >= 0.6 is 0 Å². The Morgan fingerprint density at radius 2 is 2.17 bits per heavy atom. The molecule has 1 aliphatic heterocycles. The second-order valence-corrected chi connectivity index (χ2v) is 5.12. The summed E-state index contributed by atoms with van der Waals surface area (Å²) < 4.78 is 13.6. The van der Waals surface area contributed by atoms with Crippen LogP contribution in [0.4, 0.5) is 4.39 Å². The smallest absolute Gasteiger partial charge is 0.257 e. The first-order valence-electron chi connectivity index (χ1n) is 6.23. The van der Waals surface area contributed by atoms with Crippen LogP contribution in [0.2, 0.25) is 0 Å². The SMILES string of the molecule is CCCC1(O)CN(C(=O)c2cc(C)ccc2F)C1. The van der Waals surface area contributed by atoms with Crippen LogP contribution in [0.5, 0.6) is 0 Å². The summed E-state index contributed by atoms with van der Waals surface area (Å²) in [6, 6.07) is 4.49. The molecule has 0 radical (unpaired) electrons. The van der Waals surface area contributed by atoms with E-state index in [1.54, 1.807) is 12.1 Å². The molecule has 98 valence electrons. The summed E-state index contributed by atoms with van der Waals surface area (Å²) in [4.78, 5) is 13.6. The number of aliphatic hydroxyl groups is 1. The Hall–Kier alpha value is -1.42. The van der Waals surface area contributed by atoms with Crippen molar-refractivity contribution in [3.05, 3.63) is 35.1 Å². The van der Waals surface area contributed by atoms with Gasteiger partial charge >= 0.3 is 0 Å². The summed E-state index contributed by atoms with van der Waals surface area (Å²) in [5.74, 6) is -0.839. The molecular formula is C14H18FNO2. The summed E-state index contributed by atoms with van der Waals surface area (Å²) >= 11 is 0. The monoisotopic (exact) mass is 251 g/mol. The number of benzene rings is 1. The molecule has 4 heteroatoms. The Balaban J connectivity index is 2.08. The maximum absolute atomic E-state index is 13.6. The van der Waals surface area contributed by atoms with E-state index in [1.807, 2.05) is 13.8 Å². The first-order chi connectivity index (χ1) is 8.45. The van der Waals surface area contributed by atoms with Crippen LogP contribution in [-0.4, -0.2) is 34.6 Å². The Morgan fingerprint density at radius 3 is 2.78 bits per heavy atom. The molecule has 1 aromatic carbocycles. The largest absolute Gasteiger partial charge is 0.386 e. The van der Waals surface area contributed by atoms with Crippen molar-refractivity contribution >= 4 is 5.91 Å². The number of carbonyl (C=O) groups excluding carboxylic acids is 1. The normalized spacial score (nSPS) is 17.4. The summed E-state index contributed by atoms with van der Waals surface area (Å²) in [6.07, 6.45) is 1.55. The zero-order chi connectivity index (χ0) is 13.3. The van der Waals surface area contributed by atoms with Crippen molar-refractivity contribution in [3.63, 3.8) is 0 Å². The molecule has 0 spiro atoms. The van der Waals surface area contributed by atoms with E-state index >= 15 is 0 Å². The first kappa shape index (κ1) is 13.0. The number of likely N-dealkylation sites (tertiary alicyclic amines) is 1. The summed E-state index contributed by atoms with van der Waals surface area (Å²) in [7, 11) is 0. The van der Waals surface area contributed by atoms with E-state index in [0.717, 1.165) is 12.0 Å². The molecule has 1 N–H and O–H groups in total. The van der Waals surface area contributed by atoms with Crippen LogP contribution in [-0.2, 0) is 0 Å². The highest BCUT2D eigenvalue weighted by Gasteiger charge is 2.43. The topological polar surface area (TPSA) is 40.5 Å². The van der Waals surface area contributed by atoms with Crippen LogP contribution in [0.15, 0.2) is 18.2 Å². The Morgan fingerprint density at radius 1 is 1.50 bits per heavy atom. The van der Waals surface area contributed by atoms with E-state index in [0.29, 0.717) is 19.5 Å². The van der Waals surface area contributed by atoms with Gasteiger partial charge in [-0.05, 0) is 25.5 Å². The lowest BCUT2D eigenvalue weighted by Crippen LogP contribution is -2.63. The molecule has 0 bridgehead atoms. The second kappa shape index (κ2) is 4.69. The predicted molar refractivity (Wildman–Crippen MR) is 66.9 cm³/mol. The van der Waals surface area contributed by atoms with E-state index in [1.165, 1.54) is 11.0 Å². The highest BCUT2D eigenvalue weighted by atomic mass is 19.1. The fourth-order valence-electron chi connectivity index (χ4n) is 2.40. The molecule has 0 aromatic heterocycles. The van der Waals surface area contributed by atoms with Gasteiger partial charge in [0.25, 0.3) is 5.91 Å². The predicted octanol–water partition coefficient (Wildman–Crippen LogP) is 2.12. The van der Waals surface area contributed by atoms with Crippen molar-refractivity contribution in [1.29, 1.82) is 0 Å². The summed E-state index contributed by atoms with van der Waals surface area (Å²) in [5.41, 5.74) is 0.169. The number of halogens is 1. The zero-order valence-electron chi connectivity index (χ0n) is 10.7. The van der Waals surface area contributed by atoms with Gasteiger partial charge in [0.1, 0.15) is 5.82 Å². The molecule has 1 fully saturated rings. The number of aryl methyl sites for hydroxylation is 1. The number of carbonyl (C=O) groups is 1. The molecular weight excluding hydrogens is 233 g/mol. The van der Waals surface area contributed by atoms with Crippen LogP contribution < -0.4 is 0 Å². The van der Waals surface area contributed by atoms with E-state index in [4.69, 9.17) is 0 Å². The molecule has 1 heterocycles. The van der Waals surface area contributed by atoms with Crippen molar-refractivity contribution in [2.75, 3.05) is 13.1 Å². The second-order valence-electron chi connectivity index (χ2n) is 5.12.